The van der Waals surface area contributed by atoms with Crippen molar-refractivity contribution in [2.45, 2.75) is 58.0 Å². The van der Waals surface area contributed by atoms with Crippen LogP contribution in [0.1, 0.15) is 46.0 Å². The molecule has 3 N–H and O–H groups in total. The number of nitrogens with zero attached hydrogens (tertiary/aromatic N) is 1. The molecule has 3 unspecified atom stereocenters. The smallest absolute Gasteiger partial charge is 0.303 e. The molecule has 0 aliphatic carbocycles. The summed E-state index contributed by atoms with van der Waals surface area (Å²) in [5.41, 5.74) is 5.77. The van der Waals surface area contributed by atoms with Crippen molar-refractivity contribution in [3.63, 3.8) is 0 Å². The summed E-state index contributed by atoms with van der Waals surface area (Å²) in [4.78, 5) is 24.8. The highest BCUT2D eigenvalue weighted by atomic mass is 16.4. The molecule has 3 atom stereocenters. The normalized spacial score (nSPS) is 23.5. The minimum atomic E-state index is -0.798. The summed E-state index contributed by atoms with van der Waals surface area (Å²) in [5, 5.41) is 8.74. The Morgan fingerprint density at radius 2 is 2.06 bits per heavy atom. The third-order valence-electron chi connectivity index (χ3n) is 3.78. The Hall–Kier alpha value is -1.10. The van der Waals surface area contributed by atoms with E-state index in [9.17, 15) is 9.59 Å². The number of likely N-dealkylation sites (tertiary alicyclic amines) is 1. The van der Waals surface area contributed by atoms with Gasteiger partial charge >= 0.3 is 5.97 Å². The predicted molar refractivity (Wildman–Crippen MR) is 69.0 cm³/mol. The molecule has 0 spiro atoms. The first-order valence-corrected chi connectivity index (χ1v) is 6.71. The van der Waals surface area contributed by atoms with Gasteiger partial charge in [0.2, 0.25) is 5.91 Å². The Bertz CT molecular complexity index is 305. The van der Waals surface area contributed by atoms with Gasteiger partial charge < -0.3 is 15.7 Å². The number of rotatable bonds is 5. The Kier molecular flexibility index (Phi) is 5.59. The number of piperidine rings is 1. The van der Waals surface area contributed by atoms with Crippen LogP contribution in [-0.2, 0) is 9.59 Å². The van der Waals surface area contributed by atoms with E-state index in [1.807, 2.05) is 18.7 Å². The fourth-order valence-corrected chi connectivity index (χ4v) is 2.37. The zero-order valence-electron chi connectivity index (χ0n) is 11.3. The van der Waals surface area contributed by atoms with Gasteiger partial charge in [0.05, 0.1) is 5.92 Å². The first-order valence-electron chi connectivity index (χ1n) is 6.71. The number of carboxylic acids is 1. The summed E-state index contributed by atoms with van der Waals surface area (Å²) in [6, 6.07) is -0.0944. The zero-order chi connectivity index (χ0) is 13.7. The lowest BCUT2D eigenvalue weighted by Crippen LogP contribution is -2.49. The molecule has 0 aromatic heterocycles. The Morgan fingerprint density at radius 3 is 2.61 bits per heavy atom. The van der Waals surface area contributed by atoms with E-state index in [4.69, 9.17) is 10.8 Å². The van der Waals surface area contributed by atoms with Crippen LogP contribution in [0.5, 0.6) is 0 Å². The second kappa shape index (κ2) is 6.73. The van der Waals surface area contributed by atoms with E-state index >= 15 is 0 Å². The zero-order valence-corrected chi connectivity index (χ0v) is 11.3. The van der Waals surface area contributed by atoms with Gasteiger partial charge in [-0.3, -0.25) is 9.59 Å². The SMILES string of the molecule is CC(N)C(C)C(=O)N1CCCCC1CCC(=O)O. The lowest BCUT2D eigenvalue weighted by Gasteiger charge is -2.38. The topological polar surface area (TPSA) is 83.6 Å². The number of hydrogen-bond acceptors (Lipinski definition) is 3. The van der Waals surface area contributed by atoms with E-state index in [1.54, 1.807) is 0 Å². The van der Waals surface area contributed by atoms with Crippen molar-refractivity contribution < 1.29 is 14.7 Å². The van der Waals surface area contributed by atoms with Gasteiger partial charge in [-0.25, -0.2) is 0 Å². The molecule has 0 radical (unpaired) electrons. The third-order valence-corrected chi connectivity index (χ3v) is 3.78. The fourth-order valence-electron chi connectivity index (χ4n) is 2.37. The summed E-state index contributed by atoms with van der Waals surface area (Å²) in [6.07, 6.45) is 3.65. The number of carboxylic acid groups (broad SMARTS) is 1. The molecule has 1 fully saturated rings. The molecule has 1 saturated heterocycles. The average molecular weight is 256 g/mol. The number of carbonyl (C=O) groups is 2. The first kappa shape index (κ1) is 15.0. The Labute approximate surface area is 108 Å². The van der Waals surface area contributed by atoms with E-state index in [1.165, 1.54) is 0 Å². The van der Waals surface area contributed by atoms with E-state index in [0.717, 1.165) is 25.8 Å². The van der Waals surface area contributed by atoms with Gasteiger partial charge in [-0.05, 0) is 32.6 Å². The van der Waals surface area contributed by atoms with E-state index < -0.39 is 5.97 Å². The summed E-state index contributed by atoms with van der Waals surface area (Å²) >= 11 is 0. The molecule has 104 valence electrons. The van der Waals surface area contributed by atoms with Crippen molar-refractivity contribution in [1.29, 1.82) is 0 Å². The molecule has 0 saturated carbocycles. The maximum absolute atomic E-state index is 12.3. The first-order chi connectivity index (χ1) is 8.43. The van der Waals surface area contributed by atoms with E-state index in [-0.39, 0.29) is 30.3 Å². The third kappa shape index (κ3) is 3.98. The van der Waals surface area contributed by atoms with Crippen LogP contribution in [0.4, 0.5) is 0 Å². The standard InChI is InChI=1S/C13H24N2O3/c1-9(10(2)14)13(18)15-8-4-3-5-11(15)6-7-12(16)17/h9-11H,3-8,14H2,1-2H3,(H,16,17). The second-order valence-electron chi connectivity index (χ2n) is 5.26. The molecule has 0 aromatic carbocycles. The van der Waals surface area contributed by atoms with Crippen LogP contribution in [0.3, 0.4) is 0 Å². The van der Waals surface area contributed by atoms with Crippen LogP contribution >= 0.6 is 0 Å². The molecule has 1 rings (SSSR count). The van der Waals surface area contributed by atoms with E-state index in [2.05, 4.69) is 0 Å². The van der Waals surface area contributed by atoms with Gasteiger partial charge in [0, 0.05) is 25.0 Å². The molecule has 18 heavy (non-hydrogen) atoms. The van der Waals surface area contributed by atoms with Crippen molar-refractivity contribution in [2.24, 2.45) is 11.7 Å². The molecule has 0 bridgehead atoms. The molecule has 1 heterocycles. The van der Waals surface area contributed by atoms with Gasteiger partial charge in [-0.1, -0.05) is 6.92 Å². The maximum atomic E-state index is 12.3. The van der Waals surface area contributed by atoms with Crippen LogP contribution in [0.25, 0.3) is 0 Å². The quantitative estimate of drug-likeness (QED) is 0.774. The maximum Gasteiger partial charge on any atom is 0.303 e. The second-order valence-corrected chi connectivity index (χ2v) is 5.26. The summed E-state index contributed by atoms with van der Waals surface area (Å²) < 4.78 is 0. The van der Waals surface area contributed by atoms with Crippen LogP contribution in [-0.4, -0.2) is 40.5 Å². The highest BCUT2D eigenvalue weighted by Crippen LogP contribution is 2.23. The van der Waals surface area contributed by atoms with Gasteiger partial charge in [-0.15, -0.1) is 0 Å². The fraction of sp³-hybridized carbons (Fsp3) is 0.846. The number of carbonyl (C=O) groups excluding carboxylic acids is 1. The minimum absolute atomic E-state index is 0.0695. The summed E-state index contributed by atoms with van der Waals surface area (Å²) in [5.74, 6) is -0.927. The van der Waals surface area contributed by atoms with Crippen molar-refractivity contribution >= 4 is 11.9 Å². The number of aliphatic carboxylic acids is 1. The molecule has 5 heteroatoms. The molecular formula is C13H24N2O3. The summed E-state index contributed by atoms with van der Waals surface area (Å²) in [7, 11) is 0. The lowest BCUT2D eigenvalue weighted by atomic mass is 9.94. The average Bonchev–Trinajstić information content (AvgIpc) is 2.34. The van der Waals surface area contributed by atoms with Crippen molar-refractivity contribution in [2.75, 3.05) is 6.54 Å². The monoisotopic (exact) mass is 256 g/mol. The minimum Gasteiger partial charge on any atom is -0.481 e. The number of amides is 1. The predicted octanol–water partition coefficient (Wildman–Crippen LogP) is 1.22. The molecule has 1 aliphatic rings. The molecule has 1 amide bonds. The molecule has 5 nitrogen and oxygen atoms in total. The largest absolute Gasteiger partial charge is 0.481 e. The van der Waals surface area contributed by atoms with Crippen LogP contribution in [0.15, 0.2) is 0 Å². The van der Waals surface area contributed by atoms with Crippen molar-refractivity contribution in [1.82, 2.24) is 4.90 Å². The van der Waals surface area contributed by atoms with Crippen LogP contribution in [0.2, 0.25) is 0 Å². The molecule has 0 aromatic rings. The van der Waals surface area contributed by atoms with Gasteiger partial charge in [0.15, 0.2) is 0 Å². The van der Waals surface area contributed by atoms with Crippen molar-refractivity contribution in [3.05, 3.63) is 0 Å². The highest BCUT2D eigenvalue weighted by molar-refractivity contribution is 5.79. The molecular weight excluding hydrogens is 232 g/mol. The Morgan fingerprint density at radius 1 is 1.39 bits per heavy atom. The van der Waals surface area contributed by atoms with Crippen LogP contribution in [0, 0.1) is 5.92 Å². The number of nitrogens with two attached hydrogens (primary N) is 1. The molecule has 1 aliphatic heterocycles. The lowest BCUT2D eigenvalue weighted by molar-refractivity contribution is -0.142. The van der Waals surface area contributed by atoms with Gasteiger partial charge in [0.25, 0.3) is 0 Å². The van der Waals surface area contributed by atoms with Crippen molar-refractivity contribution in [3.8, 4) is 0 Å². The Balaban J connectivity index is 2.63. The summed E-state index contributed by atoms with van der Waals surface area (Å²) in [6.45, 7) is 4.41. The number of hydrogen-bond donors (Lipinski definition) is 2. The van der Waals surface area contributed by atoms with Gasteiger partial charge in [-0.2, -0.15) is 0 Å². The van der Waals surface area contributed by atoms with Crippen LogP contribution < -0.4 is 5.73 Å². The van der Waals surface area contributed by atoms with E-state index in [0.29, 0.717) is 6.42 Å². The highest BCUT2D eigenvalue weighted by Gasteiger charge is 2.30. The van der Waals surface area contributed by atoms with Gasteiger partial charge in [0.1, 0.15) is 0 Å².